The van der Waals surface area contributed by atoms with Crippen molar-refractivity contribution >= 4 is 27.5 Å². The molecule has 0 aliphatic carbocycles. The van der Waals surface area contributed by atoms with Crippen LogP contribution in [0.25, 0.3) is 44.1 Å². The van der Waals surface area contributed by atoms with Gasteiger partial charge >= 0.3 is 0 Å². The molecule has 1 N–H and O–H groups in total. The summed E-state index contributed by atoms with van der Waals surface area (Å²) in [6.07, 6.45) is 9.58. The van der Waals surface area contributed by atoms with E-state index in [1.807, 2.05) is 54.0 Å². The van der Waals surface area contributed by atoms with Crippen LogP contribution in [0.1, 0.15) is 113 Å². The SMILES string of the molecule is CC(C)Cc1coc2c(-c3ccnc(-c4[c-]c5ccccc5c(C(C)(C)C)c4)c3)cccc12.CCC(C)(CC)C(=O)/C=C(\O)C(C)(CC)CC.[Ir]. The molecule has 5 heteroatoms. The number of rotatable bonds is 11. The smallest absolute Gasteiger partial charge is 0.164 e. The van der Waals surface area contributed by atoms with E-state index in [0.717, 1.165) is 65.5 Å². The van der Waals surface area contributed by atoms with Crippen LogP contribution < -0.4 is 0 Å². The zero-order valence-electron chi connectivity index (χ0n) is 32.7. The Balaban J connectivity index is 0.000000335. The molecule has 51 heavy (non-hydrogen) atoms. The van der Waals surface area contributed by atoms with Gasteiger partial charge in [-0.05, 0) is 60.6 Å². The van der Waals surface area contributed by atoms with Crippen LogP contribution in [0.15, 0.2) is 89.4 Å². The van der Waals surface area contributed by atoms with E-state index in [4.69, 9.17) is 9.40 Å². The number of nitrogens with zero attached hydrogens (tertiary/aromatic N) is 1. The van der Waals surface area contributed by atoms with E-state index in [9.17, 15) is 9.90 Å². The van der Waals surface area contributed by atoms with Gasteiger partial charge in [0.25, 0.3) is 0 Å². The number of carbonyl (C=O) groups excluding carboxylic acids is 1. The number of ketones is 1. The molecule has 0 saturated heterocycles. The zero-order valence-corrected chi connectivity index (χ0v) is 35.1. The fourth-order valence-electron chi connectivity index (χ4n) is 6.35. The molecule has 0 amide bonds. The van der Waals surface area contributed by atoms with Crippen LogP contribution in [-0.4, -0.2) is 15.9 Å². The van der Waals surface area contributed by atoms with Crippen LogP contribution in [-0.2, 0) is 36.7 Å². The zero-order chi connectivity index (χ0) is 36.9. The molecule has 1 radical (unpaired) electrons. The minimum Gasteiger partial charge on any atom is -0.512 e. The Morgan fingerprint density at radius 3 is 2.10 bits per heavy atom. The second-order valence-corrected chi connectivity index (χ2v) is 15.8. The summed E-state index contributed by atoms with van der Waals surface area (Å²) >= 11 is 0. The third kappa shape index (κ3) is 9.48. The molecule has 2 aromatic heterocycles. The maximum Gasteiger partial charge on any atom is 0.164 e. The maximum atomic E-state index is 12.2. The first-order valence-corrected chi connectivity index (χ1v) is 18.5. The van der Waals surface area contributed by atoms with Gasteiger partial charge in [0.05, 0.1) is 6.26 Å². The predicted octanol–water partition coefficient (Wildman–Crippen LogP) is 13.3. The summed E-state index contributed by atoms with van der Waals surface area (Å²) in [4.78, 5) is 16.9. The molecular weight excluding hydrogens is 807 g/mol. The molecule has 275 valence electrons. The molecule has 0 fully saturated rings. The summed E-state index contributed by atoms with van der Waals surface area (Å²) in [6.45, 7) is 23.3. The Kier molecular flexibility index (Phi) is 14.2. The average Bonchev–Trinajstić information content (AvgIpc) is 3.52. The van der Waals surface area contributed by atoms with Gasteiger partial charge in [-0.2, -0.15) is 0 Å². The van der Waals surface area contributed by atoms with Crippen molar-refractivity contribution < 1.29 is 34.4 Å². The van der Waals surface area contributed by atoms with Gasteiger partial charge in [0.15, 0.2) is 5.78 Å². The van der Waals surface area contributed by atoms with Gasteiger partial charge in [0.2, 0.25) is 0 Å². The Morgan fingerprint density at radius 1 is 0.863 bits per heavy atom. The van der Waals surface area contributed by atoms with Crippen molar-refractivity contribution in [1.82, 2.24) is 4.98 Å². The summed E-state index contributed by atoms with van der Waals surface area (Å²) in [6, 6.07) is 25.0. The normalized spacial score (nSPS) is 12.5. The van der Waals surface area contributed by atoms with Crippen molar-refractivity contribution in [2.24, 2.45) is 16.7 Å². The standard InChI is InChI=1S/C31H30NO.C15H28O2.Ir/c1-20(2)15-24-19-33-30-26(11-8-12-27(24)30)22-13-14-32-29(18-22)23-16-21-9-6-7-10-25(21)28(17-23)31(3,4)5;1-7-14(5,8-2)12(16)11-13(17)15(6,9-3)10-4;/h6-14,17-20H,15H2,1-5H3;11,16H,7-10H2,1-6H3;/q-1;;/b;12-11-;. The van der Waals surface area contributed by atoms with Crippen LogP contribution in [0.4, 0.5) is 0 Å². The van der Waals surface area contributed by atoms with Crippen molar-refractivity contribution in [2.45, 2.75) is 114 Å². The second kappa shape index (κ2) is 17.3. The summed E-state index contributed by atoms with van der Waals surface area (Å²) in [5.41, 5.74) is 7.10. The predicted molar refractivity (Wildman–Crippen MR) is 212 cm³/mol. The van der Waals surface area contributed by atoms with Gasteiger partial charge in [-0.1, -0.05) is 130 Å². The molecule has 0 aliphatic heterocycles. The van der Waals surface area contributed by atoms with Gasteiger partial charge in [-0.25, -0.2) is 0 Å². The number of carbonyl (C=O) groups is 1. The minimum atomic E-state index is -0.337. The van der Waals surface area contributed by atoms with Crippen LogP contribution in [0, 0.1) is 22.8 Å². The van der Waals surface area contributed by atoms with Gasteiger partial charge in [0, 0.05) is 59.9 Å². The van der Waals surface area contributed by atoms with E-state index in [1.54, 1.807) is 0 Å². The molecule has 0 spiro atoms. The first kappa shape index (κ1) is 41.9. The fraction of sp³-hybridized carbons (Fsp3) is 0.435. The van der Waals surface area contributed by atoms with E-state index in [2.05, 4.69) is 101 Å². The monoisotopic (exact) mass is 865 g/mol. The van der Waals surface area contributed by atoms with Crippen molar-refractivity contribution in [1.29, 1.82) is 0 Å². The van der Waals surface area contributed by atoms with Gasteiger partial charge in [-0.3, -0.25) is 9.78 Å². The average molecular weight is 865 g/mol. The molecule has 0 saturated carbocycles. The maximum absolute atomic E-state index is 12.2. The number of hydrogen-bond acceptors (Lipinski definition) is 4. The number of para-hydroxylation sites is 1. The molecule has 5 rings (SSSR count). The number of aliphatic hydroxyl groups is 1. The van der Waals surface area contributed by atoms with E-state index in [-0.39, 0.29) is 47.9 Å². The van der Waals surface area contributed by atoms with Crippen LogP contribution >= 0.6 is 0 Å². The number of hydrogen-bond donors (Lipinski definition) is 1. The summed E-state index contributed by atoms with van der Waals surface area (Å²) in [5.74, 6) is 0.871. The Bertz CT molecular complexity index is 1950. The number of benzene rings is 3. The Morgan fingerprint density at radius 2 is 1.49 bits per heavy atom. The van der Waals surface area contributed by atoms with Crippen molar-refractivity contribution in [2.75, 3.05) is 0 Å². The number of aromatic nitrogens is 1. The van der Waals surface area contributed by atoms with E-state index < -0.39 is 0 Å². The molecular formula is C46H58IrNO3-. The van der Waals surface area contributed by atoms with Crippen LogP contribution in [0.3, 0.4) is 0 Å². The third-order valence-corrected chi connectivity index (χ3v) is 10.8. The van der Waals surface area contributed by atoms with Crippen molar-refractivity contribution in [3.63, 3.8) is 0 Å². The summed E-state index contributed by atoms with van der Waals surface area (Å²) in [7, 11) is 0. The molecule has 5 aromatic rings. The second-order valence-electron chi connectivity index (χ2n) is 15.8. The third-order valence-electron chi connectivity index (χ3n) is 10.8. The quantitative estimate of drug-likeness (QED) is 0.0816. The van der Waals surface area contributed by atoms with Crippen LogP contribution in [0.2, 0.25) is 0 Å². The van der Waals surface area contributed by atoms with Gasteiger partial charge in [-0.15, -0.1) is 29.1 Å². The molecule has 3 aromatic carbocycles. The molecule has 2 heterocycles. The molecule has 0 bridgehead atoms. The van der Waals surface area contributed by atoms with Crippen molar-refractivity contribution in [3.8, 4) is 22.4 Å². The van der Waals surface area contributed by atoms with Gasteiger partial charge < -0.3 is 9.52 Å². The largest absolute Gasteiger partial charge is 0.512 e. The number of furan rings is 1. The van der Waals surface area contributed by atoms with Gasteiger partial charge in [0.1, 0.15) is 11.3 Å². The minimum absolute atomic E-state index is 0. The number of allylic oxidation sites excluding steroid dienone is 2. The Hall–Kier alpha value is -3.53. The molecule has 4 nitrogen and oxygen atoms in total. The number of pyridine rings is 1. The van der Waals surface area contributed by atoms with E-state index >= 15 is 0 Å². The Labute approximate surface area is 320 Å². The number of aliphatic hydroxyl groups excluding tert-OH is 1. The summed E-state index contributed by atoms with van der Waals surface area (Å²) in [5, 5.41) is 13.7. The van der Waals surface area contributed by atoms with E-state index in [0.29, 0.717) is 5.92 Å². The molecule has 0 aliphatic rings. The fourth-order valence-corrected chi connectivity index (χ4v) is 6.35. The first-order chi connectivity index (χ1) is 23.6. The number of fused-ring (bicyclic) bond motifs is 2. The van der Waals surface area contributed by atoms with E-state index in [1.165, 1.54) is 28.0 Å². The van der Waals surface area contributed by atoms with Crippen molar-refractivity contribution in [3.05, 3.63) is 102 Å². The molecule has 0 atom stereocenters. The topological polar surface area (TPSA) is 63.3 Å². The first-order valence-electron chi connectivity index (χ1n) is 18.5. The van der Waals surface area contributed by atoms with Crippen LogP contribution in [0.5, 0.6) is 0 Å². The molecule has 0 unspecified atom stereocenters. The summed E-state index contributed by atoms with van der Waals surface area (Å²) < 4.78 is 6.07.